The van der Waals surface area contributed by atoms with Gasteiger partial charge in [0.15, 0.2) is 16.7 Å². The molecule has 9 heteroatoms. The van der Waals surface area contributed by atoms with Crippen LogP contribution in [-0.4, -0.2) is 36.4 Å². The van der Waals surface area contributed by atoms with Crippen molar-refractivity contribution in [2.75, 3.05) is 14.2 Å². The number of hydrogen-bond donors (Lipinski definition) is 0. The van der Waals surface area contributed by atoms with Crippen molar-refractivity contribution >= 4 is 35.1 Å². The minimum absolute atomic E-state index is 0.196. The molecule has 0 N–H and O–H groups in total. The molecule has 1 fully saturated rings. The number of amides is 1. The van der Waals surface area contributed by atoms with Crippen LogP contribution in [0.15, 0.2) is 111 Å². The quantitative estimate of drug-likeness (QED) is 0.135. The van der Waals surface area contributed by atoms with Crippen LogP contribution in [0.2, 0.25) is 0 Å². The second-order valence-corrected chi connectivity index (χ2v) is 9.32. The fourth-order valence-electron chi connectivity index (χ4n) is 3.80. The number of methoxy groups -OCH3 is 2. The monoisotopic (exact) mass is 539 g/mol. The van der Waals surface area contributed by atoms with Gasteiger partial charge in [-0.15, -0.1) is 5.10 Å². The van der Waals surface area contributed by atoms with Crippen molar-refractivity contribution in [3.8, 4) is 23.0 Å². The van der Waals surface area contributed by atoms with E-state index in [0.717, 1.165) is 16.9 Å². The molecule has 39 heavy (non-hydrogen) atoms. The van der Waals surface area contributed by atoms with Crippen molar-refractivity contribution in [1.29, 1.82) is 0 Å². The largest absolute Gasteiger partial charge is 0.493 e. The van der Waals surface area contributed by atoms with Crippen LogP contribution < -0.4 is 14.2 Å². The molecule has 0 radical (unpaired) electrons. The summed E-state index contributed by atoms with van der Waals surface area (Å²) in [5.41, 5.74) is 1.60. The van der Waals surface area contributed by atoms with Crippen LogP contribution in [0.3, 0.4) is 0 Å². The number of carbonyl (C=O) groups excluding carboxylic acids is 1. The Bertz CT molecular complexity index is 1530. The number of benzene rings is 3. The number of amidine groups is 1. The highest BCUT2D eigenvalue weighted by molar-refractivity contribution is 8.18. The number of rotatable bonds is 9. The van der Waals surface area contributed by atoms with Gasteiger partial charge in [0.25, 0.3) is 5.91 Å². The minimum atomic E-state index is -0.196. The lowest BCUT2D eigenvalue weighted by molar-refractivity contribution is -0.122. The topological polar surface area (TPSA) is 85.9 Å². The summed E-state index contributed by atoms with van der Waals surface area (Å²) >= 11 is 1.24. The predicted octanol–water partition coefficient (Wildman–Crippen LogP) is 6.60. The molecule has 0 atom stereocenters. The van der Waals surface area contributed by atoms with E-state index in [1.807, 2.05) is 72.8 Å². The molecule has 0 spiro atoms. The first kappa shape index (κ1) is 25.9. The van der Waals surface area contributed by atoms with E-state index in [2.05, 4.69) is 10.2 Å². The average Bonchev–Trinajstić information content (AvgIpc) is 3.58. The van der Waals surface area contributed by atoms with Gasteiger partial charge in [-0.25, -0.2) is 0 Å². The Balaban J connectivity index is 1.38. The molecule has 0 saturated carbocycles. The van der Waals surface area contributed by atoms with Gasteiger partial charge in [-0.05, 0) is 77.5 Å². The van der Waals surface area contributed by atoms with E-state index in [4.69, 9.17) is 18.6 Å². The van der Waals surface area contributed by atoms with Gasteiger partial charge in [0.05, 0.1) is 38.1 Å². The van der Waals surface area contributed by atoms with E-state index in [1.54, 1.807) is 49.8 Å². The smallest absolute Gasteiger partial charge is 0.267 e. The fourth-order valence-corrected chi connectivity index (χ4v) is 4.74. The van der Waals surface area contributed by atoms with Gasteiger partial charge in [0.2, 0.25) is 0 Å². The molecule has 8 nitrogen and oxygen atoms in total. The van der Waals surface area contributed by atoms with E-state index in [0.29, 0.717) is 33.1 Å². The third kappa shape index (κ3) is 6.39. The fraction of sp³-hybridized carbons (Fsp3) is 0.100. The molecule has 1 aromatic heterocycles. The Hall–Kier alpha value is -4.76. The molecule has 5 rings (SSSR count). The molecule has 4 aromatic rings. The lowest BCUT2D eigenvalue weighted by atomic mass is 10.2. The van der Waals surface area contributed by atoms with Crippen LogP contribution in [0, 0.1) is 0 Å². The maximum Gasteiger partial charge on any atom is 0.267 e. The highest BCUT2D eigenvalue weighted by Gasteiger charge is 2.34. The summed E-state index contributed by atoms with van der Waals surface area (Å²) in [4.78, 5) is 15.4. The molecule has 1 saturated heterocycles. The van der Waals surface area contributed by atoms with Crippen LogP contribution in [0.1, 0.15) is 16.9 Å². The lowest BCUT2D eigenvalue weighted by Gasteiger charge is -2.12. The van der Waals surface area contributed by atoms with E-state index >= 15 is 0 Å². The number of nitrogens with zero attached hydrogens (tertiary/aromatic N) is 3. The molecule has 1 amide bonds. The van der Waals surface area contributed by atoms with Crippen LogP contribution in [0.4, 0.5) is 0 Å². The first-order valence-corrected chi connectivity index (χ1v) is 12.8. The minimum Gasteiger partial charge on any atom is -0.493 e. The highest BCUT2D eigenvalue weighted by Crippen LogP contribution is 2.35. The predicted molar refractivity (Wildman–Crippen MR) is 152 cm³/mol. The lowest BCUT2D eigenvalue weighted by Crippen LogP contribution is -2.28. The molecule has 196 valence electrons. The molecule has 3 aromatic carbocycles. The highest BCUT2D eigenvalue weighted by atomic mass is 32.2. The SMILES string of the molecule is COc1ccc(/C=C2\S/C(=N/N=C\c3cccc(Oc4ccccc4)c3)N(Cc3ccco3)C2=O)cc1OC. The number of para-hydroxylation sites is 1. The van der Waals surface area contributed by atoms with Gasteiger partial charge in [0.1, 0.15) is 17.3 Å². The maximum atomic E-state index is 13.4. The van der Waals surface area contributed by atoms with Crippen molar-refractivity contribution in [2.45, 2.75) is 6.54 Å². The normalized spacial score (nSPS) is 15.4. The van der Waals surface area contributed by atoms with Gasteiger partial charge in [-0.2, -0.15) is 5.10 Å². The van der Waals surface area contributed by atoms with E-state index in [1.165, 1.54) is 11.8 Å². The second kappa shape index (κ2) is 12.2. The van der Waals surface area contributed by atoms with Crippen LogP contribution in [0.5, 0.6) is 23.0 Å². The zero-order valence-corrected chi connectivity index (χ0v) is 22.1. The Morgan fingerprint density at radius 3 is 2.46 bits per heavy atom. The zero-order valence-electron chi connectivity index (χ0n) is 21.3. The summed E-state index contributed by atoms with van der Waals surface area (Å²) in [5, 5.41) is 9.10. The number of furan rings is 1. The Morgan fingerprint density at radius 1 is 0.872 bits per heavy atom. The van der Waals surface area contributed by atoms with E-state index < -0.39 is 0 Å². The molecule has 2 heterocycles. The standard InChI is InChI=1S/C30H25N3O5S/c1-35-26-14-13-21(17-27(26)36-2)18-28-29(34)33(20-25-12-7-15-37-25)30(39-28)32-31-19-22-8-6-11-24(16-22)38-23-9-4-3-5-10-23/h3-19H,20H2,1-2H3/b28-18-,31-19-,32-30+. The van der Waals surface area contributed by atoms with Gasteiger partial charge in [-0.3, -0.25) is 9.69 Å². The Morgan fingerprint density at radius 2 is 1.69 bits per heavy atom. The van der Waals surface area contributed by atoms with Crippen molar-refractivity contribution in [2.24, 2.45) is 10.2 Å². The van der Waals surface area contributed by atoms with Crippen LogP contribution >= 0.6 is 11.8 Å². The van der Waals surface area contributed by atoms with Gasteiger partial charge in [0, 0.05) is 0 Å². The van der Waals surface area contributed by atoms with Crippen LogP contribution in [0.25, 0.3) is 6.08 Å². The third-order valence-corrected chi connectivity index (χ3v) is 6.67. The summed E-state index contributed by atoms with van der Waals surface area (Å²) in [6, 6.07) is 26.1. The van der Waals surface area contributed by atoms with E-state index in [9.17, 15) is 4.79 Å². The summed E-state index contributed by atoms with van der Waals surface area (Å²) in [5.74, 6) is 3.06. The third-order valence-electron chi connectivity index (χ3n) is 5.67. The molecule has 0 unspecified atom stereocenters. The number of carbonyl (C=O) groups is 1. The van der Waals surface area contributed by atoms with Gasteiger partial charge < -0.3 is 18.6 Å². The van der Waals surface area contributed by atoms with Crippen molar-refractivity contribution in [3.05, 3.63) is 113 Å². The Kier molecular flexibility index (Phi) is 8.09. The summed E-state index contributed by atoms with van der Waals surface area (Å²) in [6.07, 6.45) is 4.99. The molecule has 1 aliphatic heterocycles. The summed E-state index contributed by atoms with van der Waals surface area (Å²) in [7, 11) is 3.15. The van der Waals surface area contributed by atoms with Crippen molar-refractivity contribution in [1.82, 2.24) is 4.90 Å². The first-order valence-electron chi connectivity index (χ1n) is 12.0. The summed E-state index contributed by atoms with van der Waals surface area (Å²) in [6.45, 7) is 0.233. The van der Waals surface area contributed by atoms with E-state index in [-0.39, 0.29) is 12.5 Å². The first-order chi connectivity index (χ1) is 19.1. The van der Waals surface area contributed by atoms with Crippen molar-refractivity contribution in [3.63, 3.8) is 0 Å². The molecule has 0 aliphatic carbocycles. The Labute approximate surface area is 230 Å². The second-order valence-electron chi connectivity index (χ2n) is 8.31. The molecule has 0 bridgehead atoms. The number of thioether (sulfide) groups is 1. The maximum absolute atomic E-state index is 13.4. The molecule has 1 aliphatic rings. The number of hydrogen-bond acceptors (Lipinski definition) is 8. The van der Waals surface area contributed by atoms with Crippen molar-refractivity contribution < 1.29 is 23.4 Å². The zero-order chi connectivity index (χ0) is 27.0. The van der Waals surface area contributed by atoms with Gasteiger partial charge in [-0.1, -0.05) is 36.4 Å². The van der Waals surface area contributed by atoms with Gasteiger partial charge >= 0.3 is 0 Å². The molecular weight excluding hydrogens is 514 g/mol. The van der Waals surface area contributed by atoms with Crippen LogP contribution in [-0.2, 0) is 11.3 Å². The molecular formula is C30H25N3O5S. The average molecular weight is 540 g/mol. The summed E-state index contributed by atoms with van der Waals surface area (Å²) < 4.78 is 22.1. The number of ether oxygens (including phenoxy) is 3.